The smallest absolute Gasteiger partial charge is 0.324 e. The molecule has 0 aliphatic heterocycles. The van der Waals surface area contributed by atoms with Gasteiger partial charge in [0, 0.05) is 6.54 Å². The number of esters is 1. The predicted octanol–water partition coefficient (Wildman–Crippen LogP) is 2.36. The number of carbonyl (C=O) groups excluding carboxylic acids is 1. The number of rotatable bonds is 8. The molecule has 0 aliphatic rings. The number of carbonyl (C=O) groups is 2. The first-order valence-electron chi connectivity index (χ1n) is 7.35. The van der Waals surface area contributed by atoms with E-state index in [-0.39, 0.29) is 13.0 Å². The van der Waals surface area contributed by atoms with Gasteiger partial charge in [-0.25, -0.2) is 0 Å². The lowest BCUT2D eigenvalue weighted by Crippen LogP contribution is -2.39. The largest absolute Gasteiger partial charge is 0.481 e. The standard InChI is InChI=1S/C18H19NO4/c20-17(21)11-16(19-12-14-7-3-1-4-8-14)18(22)23-13-15-9-5-2-6-10-15/h1-10,16,19H,11-13H2,(H,20,21). The molecule has 23 heavy (non-hydrogen) atoms. The Morgan fingerprint density at radius 2 is 1.52 bits per heavy atom. The van der Waals surface area contributed by atoms with Crippen molar-refractivity contribution >= 4 is 11.9 Å². The number of hydrogen-bond acceptors (Lipinski definition) is 4. The Hall–Kier alpha value is -2.66. The van der Waals surface area contributed by atoms with E-state index in [9.17, 15) is 9.59 Å². The Morgan fingerprint density at radius 3 is 2.09 bits per heavy atom. The fourth-order valence-electron chi connectivity index (χ4n) is 2.08. The van der Waals surface area contributed by atoms with Crippen molar-refractivity contribution in [2.45, 2.75) is 25.6 Å². The molecule has 0 bridgehead atoms. The summed E-state index contributed by atoms with van der Waals surface area (Å²) < 4.78 is 5.21. The van der Waals surface area contributed by atoms with Crippen molar-refractivity contribution in [2.75, 3.05) is 0 Å². The molecule has 2 rings (SSSR count). The molecule has 2 aromatic rings. The fourth-order valence-corrected chi connectivity index (χ4v) is 2.08. The van der Waals surface area contributed by atoms with Gasteiger partial charge in [0.05, 0.1) is 6.42 Å². The van der Waals surface area contributed by atoms with Crippen molar-refractivity contribution < 1.29 is 19.4 Å². The highest BCUT2D eigenvalue weighted by Crippen LogP contribution is 2.05. The van der Waals surface area contributed by atoms with Crippen LogP contribution < -0.4 is 5.32 Å². The number of nitrogens with one attached hydrogen (secondary N) is 1. The molecule has 120 valence electrons. The summed E-state index contributed by atoms with van der Waals surface area (Å²) in [6, 6.07) is 17.9. The van der Waals surface area contributed by atoms with E-state index in [2.05, 4.69) is 5.32 Å². The van der Waals surface area contributed by atoms with Crippen molar-refractivity contribution in [1.29, 1.82) is 0 Å². The van der Waals surface area contributed by atoms with Gasteiger partial charge < -0.3 is 9.84 Å². The topological polar surface area (TPSA) is 75.6 Å². The van der Waals surface area contributed by atoms with Crippen LogP contribution in [-0.2, 0) is 27.5 Å². The van der Waals surface area contributed by atoms with Gasteiger partial charge in [-0.1, -0.05) is 60.7 Å². The lowest BCUT2D eigenvalue weighted by atomic mass is 10.1. The van der Waals surface area contributed by atoms with Crippen molar-refractivity contribution in [3.8, 4) is 0 Å². The molecule has 5 nitrogen and oxygen atoms in total. The minimum atomic E-state index is -1.05. The van der Waals surface area contributed by atoms with Gasteiger partial charge in [0.25, 0.3) is 0 Å². The monoisotopic (exact) mass is 313 g/mol. The van der Waals surface area contributed by atoms with Crippen molar-refractivity contribution in [2.24, 2.45) is 0 Å². The van der Waals surface area contributed by atoms with E-state index in [1.165, 1.54) is 0 Å². The van der Waals surface area contributed by atoms with Gasteiger partial charge in [-0.2, -0.15) is 0 Å². The predicted molar refractivity (Wildman–Crippen MR) is 85.6 cm³/mol. The molecule has 1 unspecified atom stereocenters. The lowest BCUT2D eigenvalue weighted by molar-refractivity contribution is -0.151. The van der Waals surface area contributed by atoms with Crippen LogP contribution in [0.2, 0.25) is 0 Å². The van der Waals surface area contributed by atoms with Crippen LogP contribution >= 0.6 is 0 Å². The average Bonchev–Trinajstić information content (AvgIpc) is 2.58. The molecule has 0 aliphatic carbocycles. The summed E-state index contributed by atoms with van der Waals surface area (Å²) >= 11 is 0. The number of aliphatic carboxylic acids is 1. The van der Waals surface area contributed by atoms with Gasteiger partial charge in [-0.15, -0.1) is 0 Å². The van der Waals surface area contributed by atoms with E-state index in [1.807, 2.05) is 60.7 Å². The highest BCUT2D eigenvalue weighted by atomic mass is 16.5. The summed E-state index contributed by atoms with van der Waals surface area (Å²) in [5, 5.41) is 11.9. The molecule has 0 saturated carbocycles. The third-order valence-electron chi connectivity index (χ3n) is 3.28. The van der Waals surface area contributed by atoms with E-state index >= 15 is 0 Å². The molecule has 0 fully saturated rings. The maximum Gasteiger partial charge on any atom is 0.324 e. The van der Waals surface area contributed by atoms with Crippen LogP contribution in [0.25, 0.3) is 0 Å². The summed E-state index contributed by atoms with van der Waals surface area (Å²) in [6.45, 7) is 0.530. The molecule has 0 spiro atoms. The molecule has 0 heterocycles. The van der Waals surface area contributed by atoms with Gasteiger partial charge in [0.2, 0.25) is 0 Å². The first-order valence-corrected chi connectivity index (χ1v) is 7.35. The number of carboxylic acid groups (broad SMARTS) is 1. The maximum absolute atomic E-state index is 12.1. The Morgan fingerprint density at radius 1 is 0.957 bits per heavy atom. The first kappa shape index (κ1) is 16.7. The van der Waals surface area contributed by atoms with Gasteiger partial charge >= 0.3 is 11.9 Å². The highest BCUT2D eigenvalue weighted by Gasteiger charge is 2.22. The highest BCUT2D eigenvalue weighted by molar-refractivity contribution is 5.82. The van der Waals surface area contributed by atoms with Gasteiger partial charge in [0.1, 0.15) is 12.6 Å². The number of hydrogen-bond donors (Lipinski definition) is 2. The molecular formula is C18H19NO4. The molecule has 0 amide bonds. The maximum atomic E-state index is 12.1. The summed E-state index contributed by atoms with van der Waals surface area (Å²) in [4.78, 5) is 23.1. The molecule has 5 heteroatoms. The third-order valence-corrected chi connectivity index (χ3v) is 3.28. The lowest BCUT2D eigenvalue weighted by Gasteiger charge is -2.16. The molecule has 0 saturated heterocycles. The quantitative estimate of drug-likeness (QED) is 0.732. The molecule has 0 radical (unpaired) electrons. The van der Waals surface area contributed by atoms with Gasteiger partial charge in [-0.05, 0) is 11.1 Å². The van der Waals surface area contributed by atoms with E-state index in [0.717, 1.165) is 11.1 Å². The van der Waals surface area contributed by atoms with Crippen LogP contribution in [-0.4, -0.2) is 23.1 Å². The summed E-state index contributed by atoms with van der Waals surface area (Å²) in [7, 11) is 0. The molecule has 2 aromatic carbocycles. The second-order valence-electron chi connectivity index (χ2n) is 5.11. The minimum absolute atomic E-state index is 0.128. The van der Waals surface area contributed by atoms with Crippen LogP contribution in [0.5, 0.6) is 0 Å². The van der Waals surface area contributed by atoms with Gasteiger partial charge in [0.15, 0.2) is 0 Å². The van der Waals surface area contributed by atoms with E-state index in [4.69, 9.17) is 9.84 Å². The molecule has 2 N–H and O–H groups in total. The Kier molecular flexibility index (Phi) is 6.32. The second-order valence-corrected chi connectivity index (χ2v) is 5.11. The van der Waals surface area contributed by atoms with E-state index in [1.54, 1.807) is 0 Å². The molecule has 1 atom stereocenters. The van der Waals surface area contributed by atoms with Crippen molar-refractivity contribution in [1.82, 2.24) is 5.32 Å². The van der Waals surface area contributed by atoms with E-state index < -0.39 is 18.0 Å². The summed E-state index contributed by atoms with van der Waals surface area (Å²) in [5.41, 5.74) is 1.83. The third kappa shape index (κ3) is 5.92. The summed E-state index contributed by atoms with van der Waals surface area (Å²) in [5.74, 6) is -1.61. The number of ether oxygens (including phenoxy) is 1. The number of benzene rings is 2. The van der Waals surface area contributed by atoms with Crippen LogP contribution in [0.4, 0.5) is 0 Å². The number of carboxylic acids is 1. The van der Waals surface area contributed by atoms with Crippen LogP contribution in [0.15, 0.2) is 60.7 Å². The van der Waals surface area contributed by atoms with Crippen molar-refractivity contribution in [3.63, 3.8) is 0 Å². The average molecular weight is 313 g/mol. The Balaban J connectivity index is 1.91. The zero-order valence-corrected chi connectivity index (χ0v) is 12.6. The normalized spacial score (nSPS) is 11.7. The minimum Gasteiger partial charge on any atom is -0.481 e. The zero-order chi connectivity index (χ0) is 16.5. The zero-order valence-electron chi connectivity index (χ0n) is 12.6. The van der Waals surface area contributed by atoms with Crippen LogP contribution in [0, 0.1) is 0 Å². The molecular weight excluding hydrogens is 294 g/mol. The van der Waals surface area contributed by atoms with Crippen molar-refractivity contribution in [3.05, 3.63) is 71.8 Å². The Bertz CT molecular complexity index is 628. The Labute approximate surface area is 134 Å². The summed E-state index contributed by atoms with van der Waals surface area (Å²) in [6.07, 6.45) is -0.319. The SMILES string of the molecule is O=C(O)CC(NCc1ccccc1)C(=O)OCc1ccccc1. The van der Waals surface area contributed by atoms with E-state index in [0.29, 0.717) is 6.54 Å². The van der Waals surface area contributed by atoms with Gasteiger partial charge in [-0.3, -0.25) is 14.9 Å². The van der Waals surface area contributed by atoms with Crippen LogP contribution in [0.3, 0.4) is 0 Å². The second kappa shape index (κ2) is 8.70. The first-order chi connectivity index (χ1) is 11.1. The van der Waals surface area contributed by atoms with Crippen LogP contribution in [0.1, 0.15) is 17.5 Å². The molecule has 0 aromatic heterocycles. The fraction of sp³-hybridized carbons (Fsp3) is 0.222.